The number of benzene rings is 1. The van der Waals surface area contributed by atoms with Gasteiger partial charge < -0.3 is 5.32 Å². The van der Waals surface area contributed by atoms with Gasteiger partial charge in [0.25, 0.3) is 0 Å². The highest BCUT2D eigenvalue weighted by Crippen LogP contribution is 2.22. The van der Waals surface area contributed by atoms with Crippen LogP contribution < -0.4 is 5.32 Å². The number of rotatable bonds is 7. The molecule has 0 amide bonds. The molecule has 0 fully saturated rings. The molecule has 0 saturated carbocycles. The van der Waals surface area contributed by atoms with Crippen molar-refractivity contribution in [1.29, 1.82) is 0 Å². The molecule has 1 aromatic carbocycles. The van der Waals surface area contributed by atoms with Crippen LogP contribution in [-0.2, 0) is 0 Å². The van der Waals surface area contributed by atoms with Crippen LogP contribution in [0.25, 0.3) is 0 Å². The summed E-state index contributed by atoms with van der Waals surface area (Å²) < 4.78 is 0. The smallest absolute Gasteiger partial charge is 0.0478 e. The van der Waals surface area contributed by atoms with Crippen LogP contribution in [-0.4, -0.2) is 31.1 Å². The summed E-state index contributed by atoms with van der Waals surface area (Å²) in [5.41, 5.74) is 1.36. The Kier molecular flexibility index (Phi) is 5.95. The van der Waals surface area contributed by atoms with Gasteiger partial charge in [-0.3, -0.25) is 4.90 Å². The van der Waals surface area contributed by atoms with Crippen LogP contribution in [0.2, 0.25) is 0 Å². The number of hydrogen-bond acceptors (Lipinski definition) is 2. The molecule has 1 atom stereocenters. The van der Waals surface area contributed by atoms with Crippen LogP contribution in [0.4, 0.5) is 0 Å². The molecular weight excluding hydrogens is 208 g/mol. The van der Waals surface area contributed by atoms with Gasteiger partial charge in [0, 0.05) is 25.2 Å². The quantitative estimate of drug-likeness (QED) is 0.727. The third kappa shape index (κ3) is 3.99. The lowest BCUT2D eigenvalue weighted by Crippen LogP contribution is -2.39. The van der Waals surface area contributed by atoms with Crippen LogP contribution in [0.5, 0.6) is 0 Å². The van der Waals surface area contributed by atoms with Crippen molar-refractivity contribution in [2.75, 3.05) is 20.1 Å². The van der Waals surface area contributed by atoms with Crippen molar-refractivity contribution in [2.45, 2.75) is 25.9 Å². The van der Waals surface area contributed by atoms with Crippen LogP contribution in [0, 0.1) is 0 Å². The first-order valence-corrected chi connectivity index (χ1v) is 6.26. The van der Waals surface area contributed by atoms with Crippen molar-refractivity contribution < 1.29 is 0 Å². The second kappa shape index (κ2) is 7.25. The van der Waals surface area contributed by atoms with Crippen molar-refractivity contribution in [2.24, 2.45) is 0 Å². The molecule has 0 aliphatic heterocycles. The second-order valence-electron chi connectivity index (χ2n) is 4.56. The van der Waals surface area contributed by atoms with Crippen LogP contribution in [0.1, 0.15) is 25.5 Å². The first-order chi connectivity index (χ1) is 8.20. The topological polar surface area (TPSA) is 15.3 Å². The third-order valence-electron chi connectivity index (χ3n) is 2.99. The van der Waals surface area contributed by atoms with E-state index in [1.807, 2.05) is 13.1 Å². The molecule has 2 heteroatoms. The van der Waals surface area contributed by atoms with E-state index in [1.54, 1.807) is 0 Å². The Hall–Kier alpha value is -1.12. The zero-order chi connectivity index (χ0) is 12.7. The molecule has 0 spiro atoms. The highest BCUT2D eigenvalue weighted by atomic mass is 15.2. The number of hydrogen-bond donors (Lipinski definition) is 1. The summed E-state index contributed by atoms with van der Waals surface area (Å²) in [6, 6.07) is 11.6. The van der Waals surface area contributed by atoms with Gasteiger partial charge in [-0.1, -0.05) is 36.4 Å². The van der Waals surface area contributed by atoms with Gasteiger partial charge in [0.15, 0.2) is 0 Å². The second-order valence-corrected chi connectivity index (χ2v) is 4.56. The monoisotopic (exact) mass is 232 g/mol. The van der Waals surface area contributed by atoms with Crippen LogP contribution in [0.15, 0.2) is 43.0 Å². The van der Waals surface area contributed by atoms with Crippen molar-refractivity contribution in [1.82, 2.24) is 10.2 Å². The fourth-order valence-electron chi connectivity index (χ4n) is 2.14. The highest BCUT2D eigenvalue weighted by Gasteiger charge is 2.20. The number of nitrogens with one attached hydrogen (secondary N) is 1. The zero-order valence-corrected chi connectivity index (χ0v) is 11.2. The normalized spacial score (nSPS) is 13.0. The van der Waals surface area contributed by atoms with E-state index in [2.05, 4.69) is 61.0 Å². The minimum Gasteiger partial charge on any atom is -0.318 e. The maximum absolute atomic E-state index is 3.86. The Morgan fingerprint density at radius 3 is 2.41 bits per heavy atom. The predicted octanol–water partition coefficient (Wildman–Crippen LogP) is 2.84. The molecule has 1 N–H and O–H groups in total. The molecule has 94 valence electrons. The summed E-state index contributed by atoms with van der Waals surface area (Å²) in [4.78, 5) is 2.46. The summed E-state index contributed by atoms with van der Waals surface area (Å²) in [5.74, 6) is 0. The van der Waals surface area contributed by atoms with Gasteiger partial charge in [-0.25, -0.2) is 0 Å². The highest BCUT2D eigenvalue weighted by molar-refractivity contribution is 5.20. The minimum absolute atomic E-state index is 0.402. The largest absolute Gasteiger partial charge is 0.318 e. The lowest BCUT2D eigenvalue weighted by Gasteiger charge is -2.34. The van der Waals surface area contributed by atoms with E-state index >= 15 is 0 Å². The van der Waals surface area contributed by atoms with E-state index < -0.39 is 0 Å². The summed E-state index contributed by atoms with van der Waals surface area (Å²) in [6.45, 7) is 10.2. The summed E-state index contributed by atoms with van der Waals surface area (Å²) in [6.07, 6.45) is 1.98. The van der Waals surface area contributed by atoms with E-state index in [-0.39, 0.29) is 0 Å². The molecule has 0 heterocycles. The van der Waals surface area contributed by atoms with Gasteiger partial charge in [-0.15, -0.1) is 6.58 Å². The van der Waals surface area contributed by atoms with Gasteiger partial charge in [0.1, 0.15) is 0 Å². The molecule has 0 aliphatic carbocycles. The van der Waals surface area contributed by atoms with E-state index in [0.29, 0.717) is 12.1 Å². The maximum atomic E-state index is 3.86. The van der Waals surface area contributed by atoms with Crippen molar-refractivity contribution >= 4 is 0 Å². The summed E-state index contributed by atoms with van der Waals surface area (Å²) in [5, 5.41) is 3.28. The van der Waals surface area contributed by atoms with E-state index in [4.69, 9.17) is 0 Å². The Bertz CT molecular complexity index is 319. The number of likely N-dealkylation sites (N-methyl/N-ethyl adjacent to an activating group) is 1. The molecule has 1 rings (SSSR count). The maximum Gasteiger partial charge on any atom is 0.0478 e. The molecule has 0 saturated heterocycles. The number of nitrogens with zero attached hydrogens (tertiary/aromatic N) is 1. The zero-order valence-electron chi connectivity index (χ0n) is 11.2. The van der Waals surface area contributed by atoms with Gasteiger partial charge in [-0.2, -0.15) is 0 Å². The average Bonchev–Trinajstić information content (AvgIpc) is 2.34. The molecule has 17 heavy (non-hydrogen) atoms. The van der Waals surface area contributed by atoms with E-state index in [9.17, 15) is 0 Å². The van der Waals surface area contributed by atoms with E-state index in [1.165, 1.54) is 5.56 Å². The SMILES string of the molecule is C=CCN(C(C)C)C(CNC)c1ccccc1. The van der Waals surface area contributed by atoms with Gasteiger partial charge in [0.2, 0.25) is 0 Å². The Morgan fingerprint density at radius 1 is 1.29 bits per heavy atom. The lowest BCUT2D eigenvalue weighted by atomic mass is 10.0. The standard InChI is InChI=1S/C15H24N2/c1-5-11-17(13(2)3)15(12-16-4)14-9-7-6-8-10-14/h5-10,13,15-16H,1,11-12H2,2-4H3. The third-order valence-corrected chi connectivity index (χ3v) is 2.99. The van der Waals surface area contributed by atoms with E-state index in [0.717, 1.165) is 13.1 Å². The Morgan fingerprint density at radius 2 is 1.94 bits per heavy atom. The van der Waals surface area contributed by atoms with Gasteiger partial charge >= 0.3 is 0 Å². The van der Waals surface area contributed by atoms with Crippen LogP contribution in [0.3, 0.4) is 0 Å². The molecule has 1 unspecified atom stereocenters. The lowest BCUT2D eigenvalue weighted by molar-refractivity contribution is 0.171. The molecule has 2 nitrogen and oxygen atoms in total. The molecular formula is C15H24N2. The minimum atomic E-state index is 0.402. The predicted molar refractivity (Wildman–Crippen MR) is 75.1 cm³/mol. The van der Waals surface area contributed by atoms with Gasteiger partial charge in [0.05, 0.1) is 0 Å². The molecule has 0 aliphatic rings. The van der Waals surface area contributed by atoms with Gasteiger partial charge in [-0.05, 0) is 26.5 Å². The fraction of sp³-hybridized carbons (Fsp3) is 0.467. The molecule has 0 radical (unpaired) electrons. The molecule has 1 aromatic rings. The van der Waals surface area contributed by atoms with Crippen molar-refractivity contribution in [3.05, 3.63) is 48.6 Å². The Labute approximate surface area is 105 Å². The average molecular weight is 232 g/mol. The molecule has 0 bridgehead atoms. The molecule has 0 aromatic heterocycles. The fourth-order valence-corrected chi connectivity index (χ4v) is 2.14. The van der Waals surface area contributed by atoms with Crippen molar-refractivity contribution in [3.63, 3.8) is 0 Å². The first-order valence-electron chi connectivity index (χ1n) is 6.26. The van der Waals surface area contributed by atoms with Crippen molar-refractivity contribution in [3.8, 4) is 0 Å². The summed E-state index contributed by atoms with van der Waals surface area (Å²) >= 11 is 0. The van der Waals surface area contributed by atoms with Crippen LogP contribution >= 0.6 is 0 Å². The first kappa shape index (κ1) is 13.9. The summed E-state index contributed by atoms with van der Waals surface area (Å²) in [7, 11) is 2.00. The Balaban J connectivity index is 2.93.